The Labute approximate surface area is 176 Å². The number of phenolic OH excluding ortho intramolecular Hbond substituents is 1. The van der Waals surface area contributed by atoms with Crippen LogP contribution in [0, 0.1) is 6.92 Å². The molecular formula is C23H26O4S2. The molecule has 1 aromatic heterocycles. The summed E-state index contributed by atoms with van der Waals surface area (Å²) >= 11 is 1.65. The van der Waals surface area contributed by atoms with E-state index in [-0.39, 0.29) is 4.90 Å². The number of benzene rings is 2. The second kappa shape index (κ2) is 9.57. The number of rotatable bonds is 4. The van der Waals surface area contributed by atoms with E-state index in [1.165, 1.54) is 34.9 Å². The van der Waals surface area contributed by atoms with Gasteiger partial charge in [-0.05, 0) is 85.7 Å². The van der Waals surface area contributed by atoms with Crippen LogP contribution in [-0.4, -0.2) is 18.1 Å². The number of hydrogen-bond acceptors (Lipinski definition) is 4. The van der Waals surface area contributed by atoms with Gasteiger partial charge >= 0.3 is 0 Å². The fraction of sp³-hybridized carbons (Fsp3) is 0.304. The molecule has 1 aliphatic rings. The Morgan fingerprint density at radius 2 is 1.79 bits per heavy atom. The van der Waals surface area contributed by atoms with Crippen LogP contribution in [0.25, 0.3) is 0 Å². The Kier molecular flexibility index (Phi) is 7.11. The summed E-state index contributed by atoms with van der Waals surface area (Å²) in [5, 5.41) is 11.5. The topological polar surface area (TPSA) is 74.6 Å². The van der Waals surface area contributed by atoms with E-state index in [0.717, 1.165) is 24.8 Å². The molecule has 0 unspecified atom stereocenters. The highest BCUT2D eigenvalue weighted by Gasteiger charge is 2.15. The van der Waals surface area contributed by atoms with Crippen molar-refractivity contribution in [1.82, 2.24) is 0 Å². The van der Waals surface area contributed by atoms with Gasteiger partial charge in [-0.2, -0.15) is 8.42 Å². The molecule has 0 atom stereocenters. The molecule has 6 heteroatoms. The highest BCUT2D eigenvalue weighted by Crippen LogP contribution is 2.28. The molecule has 0 spiro atoms. The molecule has 3 aromatic rings. The van der Waals surface area contributed by atoms with Crippen LogP contribution in [0.4, 0.5) is 0 Å². The summed E-state index contributed by atoms with van der Waals surface area (Å²) in [7, 11) is -4.14. The van der Waals surface area contributed by atoms with Crippen molar-refractivity contribution in [2.45, 2.75) is 50.3 Å². The SMILES string of the molecule is Cc1ccc(S(=O)(=O)O)c(CCc2cccs2)c1.Oc1cccc2c1CCCC2. The second-order valence-electron chi connectivity index (χ2n) is 7.29. The van der Waals surface area contributed by atoms with Crippen LogP contribution in [0.1, 0.15) is 40.0 Å². The third-order valence-electron chi connectivity index (χ3n) is 5.09. The molecule has 29 heavy (non-hydrogen) atoms. The monoisotopic (exact) mass is 430 g/mol. The lowest BCUT2D eigenvalue weighted by Gasteiger charge is -2.15. The Hall–Kier alpha value is -2.15. The first-order valence-electron chi connectivity index (χ1n) is 9.74. The van der Waals surface area contributed by atoms with Gasteiger partial charge in [0, 0.05) is 4.88 Å². The van der Waals surface area contributed by atoms with Crippen molar-refractivity contribution in [3.8, 4) is 5.75 Å². The number of hydrogen-bond donors (Lipinski definition) is 2. The molecule has 0 aliphatic heterocycles. The van der Waals surface area contributed by atoms with Crippen molar-refractivity contribution in [2.24, 2.45) is 0 Å². The molecule has 0 bridgehead atoms. The van der Waals surface area contributed by atoms with Crippen LogP contribution in [0.3, 0.4) is 0 Å². The minimum atomic E-state index is -4.14. The number of aromatic hydroxyl groups is 1. The van der Waals surface area contributed by atoms with Gasteiger partial charge in [-0.25, -0.2) is 0 Å². The zero-order valence-corrected chi connectivity index (χ0v) is 18.1. The Balaban J connectivity index is 0.000000186. The standard InChI is InChI=1S/C13H14O3S2.C10H12O/c1-10-4-7-13(18(14,15)16)11(9-10)5-6-12-3-2-8-17-12;11-10-7-3-5-8-4-1-2-6-9(8)10/h2-4,7-9H,5-6H2,1H3,(H,14,15,16);3,5,7,11H,1-2,4,6H2. The lowest BCUT2D eigenvalue weighted by Crippen LogP contribution is -2.04. The molecule has 0 fully saturated rings. The number of thiophene rings is 1. The van der Waals surface area contributed by atoms with Crippen LogP contribution in [0.5, 0.6) is 5.75 Å². The number of phenols is 1. The Morgan fingerprint density at radius 1 is 1.00 bits per heavy atom. The van der Waals surface area contributed by atoms with Crippen molar-refractivity contribution in [2.75, 3.05) is 0 Å². The molecule has 4 rings (SSSR count). The Morgan fingerprint density at radius 3 is 2.48 bits per heavy atom. The van der Waals surface area contributed by atoms with Gasteiger partial charge in [0.05, 0.1) is 4.90 Å². The second-order valence-corrected chi connectivity index (χ2v) is 9.71. The molecule has 4 nitrogen and oxygen atoms in total. The predicted molar refractivity (Wildman–Crippen MR) is 117 cm³/mol. The zero-order valence-electron chi connectivity index (χ0n) is 16.5. The molecule has 0 amide bonds. The maximum absolute atomic E-state index is 11.3. The van der Waals surface area contributed by atoms with Gasteiger partial charge in [0.2, 0.25) is 0 Å². The minimum absolute atomic E-state index is 0.0182. The summed E-state index contributed by atoms with van der Waals surface area (Å²) in [6.07, 6.45) is 6.09. The normalized spacial score (nSPS) is 13.3. The van der Waals surface area contributed by atoms with Crippen molar-refractivity contribution in [3.63, 3.8) is 0 Å². The van der Waals surface area contributed by atoms with Crippen LogP contribution >= 0.6 is 11.3 Å². The molecule has 0 saturated heterocycles. The molecule has 0 saturated carbocycles. The average Bonchev–Trinajstić information content (AvgIpc) is 3.20. The molecule has 1 aliphatic carbocycles. The molecule has 0 radical (unpaired) electrons. The highest BCUT2D eigenvalue weighted by molar-refractivity contribution is 7.85. The predicted octanol–water partition coefficient (Wildman–Crippen LogP) is 5.36. The van der Waals surface area contributed by atoms with Gasteiger partial charge in [-0.15, -0.1) is 11.3 Å². The zero-order chi connectivity index (χ0) is 20.9. The molecular weight excluding hydrogens is 404 g/mol. The molecule has 2 N–H and O–H groups in total. The smallest absolute Gasteiger partial charge is 0.294 e. The van der Waals surface area contributed by atoms with E-state index in [1.807, 2.05) is 36.6 Å². The fourth-order valence-electron chi connectivity index (χ4n) is 3.63. The van der Waals surface area contributed by atoms with Gasteiger partial charge in [-0.3, -0.25) is 4.55 Å². The first kappa shape index (κ1) is 21.6. The largest absolute Gasteiger partial charge is 0.508 e. The highest BCUT2D eigenvalue weighted by atomic mass is 32.2. The first-order chi connectivity index (χ1) is 13.8. The van der Waals surface area contributed by atoms with Gasteiger partial charge in [-0.1, -0.05) is 35.9 Å². The third kappa shape index (κ3) is 5.92. The maximum Gasteiger partial charge on any atom is 0.294 e. The Bertz CT molecular complexity index is 1050. The first-order valence-corrected chi connectivity index (χ1v) is 12.1. The van der Waals surface area contributed by atoms with Crippen LogP contribution in [0.2, 0.25) is 0 Å². The fourth-order valence-corrected chi connectivity index (χ4v) is 5.07. The lowest BCUT2D eigenvalue weighted by atomic mass is 9.91. The van der Waals surface area contributed by atoms with Crippen LogP contribution in [0.15, 0.2) is 58.8 Å². The minimum Gasteiger partial charge on any atom is -0.508 e. The van der Waals surface area contributed by atoms with Gasteiger partial charge in [0.25, 0.3) is 10.1 Å². The number of fused-ring (bicyclic) bond motifs is 1. The van der Waals surface area contributed by atoms with Crippen molar-refractivity contribution >= 4 is 21.5 Å². The van der Waals surface area contributed by atoms with Crippen molar-refractivity contribution in [1.29, 1.82) is 0 Å². The van der Waals surface area contributed by atoms with E-state index in [9.17, 15) is 18.1 Å². The van der Waals surface area contributed by atoms with Crippen molar-refractivity contribution < 1.29 is 18.1 Å². The summed E-state index contributed by atoms with van der Waals surface area (Å²) in [5.74, 6) is 0.488. The molecule has 154 valence electrons. The summed E-state index contributed by atoms with van der Waals surface area (Å²) in [6, 6.07) is 14.8. The third-order valence-corrected chi connectivity index (χ3v) is 6.98. The van der Waals surface area contributed by atoms with Crippen molar-refractivity contribution in [3.05, 3.63) is 81.0 Å². The number of aryl methyl sites for hydroxylation is 4. The van der Waals surface area contributed by atoms with E-state index >= 15 is 0 Å². The van der Waals surface area contributed by atoms with E-state index < -0.39 is 10.1 Å². The summed E-state index contributed by atoms with van der Waals surface area (Å²) in [4.78, 5) is 1.22. The maximum atomic E-state index is 11.3. The summed E-state index contributed by atoms with van der Waals surface area (Å²) < 4.78 is 31.8. The molecule has 2 aromatic carbocycles. The van der Waals surface area contributed by atoms with E-state index in [0.29, 0.717) is 17.7 Å². The quantitative estimate of drug-likeness (QED) is 0.547. The van der Waals surface area contributed by atoms with Gasteiger partial charge < -0.3 is 5.11 Å². The summed E-state index contributed by atoms with van der Waals surface area (Å²) in [5.41, 5.74) is 4.18. The average molecular weight is 431 g/mol. The van der Waals surface area contributed by atoms with Gasteiger partial charge in [0.15, 0.2) is 0 Å². The van der Waals surface area contributed by atoms with E-state index in [2.05, 4.69) is 6.07 Å². The van der Waals surface area contributed by atoms with E-state index in [1.54, 1.807) is 23.5 Å². The van der Waals surface area contributed by atoms with Crippen LogP contribution < -0.4 is 0 Å². The van der Waals surface area contributed by atoms with E-state index in [4.69, 9.17) is 0 Å². The van der Waals surface area contributed by atoms with Crippen LogP contribution in [-0.2, 0) is 35.8 Å². The lowest BCUT2D eigenvalue weighted by molar-refractivity contribution is 0.462. The molecule has 1 heterocycles. The van der Waals surface area contributed by atoms with Gasteiger partial charge in [0.1, 0.15) is 5.75 Å². The summed E-state index contributed by atoms with van der Waals surface area (Å²) in [6.45, 7) is 1.91.